The maximum absolute atomic E-state index is 6.85. The minimum absolute atomic E-state index is 0.241. The monoisotopic (exact) mass is 268 g/mol. The van der Waals surface area contributed by atoms with E-state index < -0.39 is 5.54 Å². The molecule has 106 valence electrons. The van der Waals surface area contributed by atoms with E-state index in [0.29, 0.717) is 0 Å². The molecule has 0 bridgehead atoms. The van der Waals surface area contributed by atoms with Gasteiger partial charge in [-0.25, -0.2) is 0 Å². The highest BCUT2D eigenvalue weighted by Crippen LogP contribution is 2.29. The molecular formula is C18H24N2. The van der Waals surface area contributed by atoms with Crippen LogP contribution < -0.4 is 5.73 Å². The number of likely N-dealkylation sites (N-methyl/N-ethyl adjacent to an activating group) is 1. The van der Waals surface area contributed by atoms with Gasteiger partial charge in [-0.1, -0.05) is 60.7 Å². The van der Waals surface area contributed by atoms with E-state index in [1.54, 1.807) is 0 Å². The highest BCUT2D eigenvalue weighted by Gasteiger charge is 2.35. The van der Waals surface area contributed by atoms with Gasteiger partial charge in [0.05, 0.1) is 5.54 Å². The topological polar surface area (TPSA) is 29.3 Å². The van der Waals surface area contributed by atoms with Gasteiger partial charge in [-0.3, -0.25) is 0 Å². The second-order valence-electron chi connectivity index (χ2n) is 5.71. The summed E-state index contributed by atoms with van der Waals surface area (Å²) in [6, 6.07) is 21.1. The van der Waals surface area contributed by atoms with Crippen LogP contribution in [0.3, 0.4) is 0 Å². The lowest BCUT2D eigenvalue weighted by molar-refractivity contribution is 0.191. The van der Waals surface area contributed by atoms with Gasteiger partial charge in [0.1, 0.15) is 0 Å². The van der Waals surface area contributed by atoms with Crippen molar-refractivity contribution in [3.05, 3.63) is 71.8 Å². The molecule has 0 fully saturated rings. The first-order chi connectivity index (χ1) is 9.54. The van der Waals surface area contributed by atoms with Gasteiger partial charge in [-0.2, -0.15) is 0 Å². The summed E-state index contributed by atoms with van der Waals surface area (Å²) in [6.07, 6.45) is 0.831. The second-order valence-corrected chi connectivity index (χ2v) is 5.71. The molecule has 0 radical (unpaired) electrons. The van der Waals surface area contributed by atoms with Crippen molar-refractivity contribution in [1.82, 2.24) is 4.90 Å². The molecule has 0 aliphatic heterocycles. The smallest absolute Gasteiger partial charge is 0.0605 e. The Hall–Kier alpha value is -1.64. The maximum Gasteiger partial charge on any atom is 0.0605 e. The van der Waals surface area contributed by atoms with Crippen LogP contribution in [0.1, 0.15) is 18.1 Å². The molecule has 2 nitrogen and oxygen atoms in total. The van der Waals surface area contributed by atoms with Crippen molar-refractivity contribution in [2.75, 3.05) is 14.1 Å². The van der Waals surface area contributed by atoms with E-state index in [2.05, 4.69) is 74.4 Å². The third kappa shape index (κ3) is 3.09. The summed E-state index contributed by atoms with van der Waals surface area (Å²) in [7, 11) is 4.17. The molecule has 0 aliphatic carbocycles. The summed E-state index contributed by atoms with van der Waals surface area (Å²) in [5, 5.41) is 0. The molecule has 2 aromatic rings. The Morgan fingerprint density at radius 2 is 1.45 bits per heavy atom. The quantitative estimate of drug-likeness (QED) is 0.903. The lowest BCUT2D eigenvalue weighted by atomic mass is 9.79. The average Bonchev–Trinajstić information content (AvgIpc) is 2.48. The fourth-order valence-electron chi connectivity index (χ4n) is 2.63. The molecule has 0 spiro atoms. The van der Waals surface area contributed by atoms with Crippen LogP contribution in [-0.4, -0.2) is 25.0 Å². The molecule has 2 heteroatoms. The van der Waals surface area contributed by atoms with Crippen LogP contribution in [0.15, 0.2) is 60.7 Å². The zero-order valence-corrected chi connectivity index (χ0v) is 12.6. The Bertz CT molecular complexity index is 522. The zero-order valence-electron chi connectivity index (χ0n) is 12.6. The van der Waals surface area contributed by atoms with Gasteiger partial charge >= 0.3 is 0 Å². The third-order valence-corrected chi connectivity index (χ3v) is 4.17. The van der Waals surface area contributed by atoms with Gasteiger partial charge in [0.15, 0.2) is 0 Å². The number of hydrogen-bond acceptors (Lipinski definition) is 2. The lowest BCUT2D eigenvalue weighted by Gasteiger charge is -2.40. The number of rotatable bonds is 5. The molecule has 2 atom stereocenters. The standard InChI is InChI=1S/C18H24N2/c1-15(20(2)3)18(19,17-12-8-5-9-13-17)14-16-10-6-4-7-11-16/h4-13,15H,14,19H2,1-3H3. The molecule has 0 saturated carbocycles. The Morgan fingerprint density at radius 3 is 1.95 bits per heavy atom. The maximum atomic E-state index is 6.85. The fraction of sp³-hybridized carbons (Fsp3) is 0.333. The minimum Gasteiger partial charge on any atom is -0.320 e. The zero-order chi connectivity index (χ0) is 14.6. The molecule has 0 heterocycles. The summed E-state index contributed by atoms with van der Waals surface area (Å²) in [5.74, 6) is 0. The third-order valence-electron chi connectivity index (χ3n) is 4.17. The van der Waals surface area contributed by atoms with E-state index in [-0.39, 0.29) is 6.04 Å². The molecule has 2 aromatic carbocycles. The predicted octanol–water partition coefficient (Wildman–Crippen LogP) is 3.03. The van der Waals surface area contributed by atoms with Crippen molar-refractivity contribution in [2.45, 2.75) is 24.9 Å². The molecule has 2 N–H and O–H groups in total. The molecule has 20 heavy (non-hydrogen) atoms. The van der Waals surface area contributed by atoms with Crippen LogP contribution in [-0.2, 0) is 12.0 Å². The van der Waals surface area contributed by atoms with E-state index in [1.807, 2.05) is 12.1 Å². The summed E-state index contributed by atoms with van der Waals surface area (Å²) >= 11 is 0. The Morgan fingerprint density at radius 1 is 0.950 bits per heavy atom. The minimum atomic E-state index is -0.397. The first-order valence-corrected chi connectivity index (χ1v) is 7.09. The Balaban J connectivity index is 2.39. The number of nitrogens with two attached hydrogens (primary N) is 1. The van der Waals surface area contributed by atoms with Crippen molar-refractivity contribution >= 4 is 0 Å². The van der Waals surface area contributed by atoms with E-state index in [0.717, 1.165) is 6.42 Å². The van der Waals surface area contributed by atoms with Gasteiger partial charge in [0, 0.05) is 6.04 Å². The van der Waals surface area contributed by atoms with Gasteiger partial charge in [0.25, 0.3) is 0 Å². The van der Waals surface area contributed by atoms with Gasteiger partial charge < -0.3 is 10.6 Å². The molecule has 0 aliphatic rings. The summed E-state index contributed by atoms with van der Waals surface area (Å²) < 4.78 is 0. The highest BCUT2D eigenvalue weighted by molar-refractivity contribution is 5.30. The largest absolute Gasteiger partial charge is 0.320 e. The second kappa shape index (κ2) is 6.21. The first-order valence-electron chi connectivity index (χ1n) is 7.09. The van der Waals surface area contributed by atoms with Crippen molar-refractivity contribution < 1.29 is 0 Å². The number of hydrogen-bond donors (Lipinski definition) is 1. The number of nitrogens with zero attached hydrogens (tertiary/aromatic N) is 1. The fourth-order valence-corrected chi connectivity index (χ4v) is 2.63. The molecule has 0 amide bonds. The Labute approximate surface area is 122 Å². The van der Waals surface area contributed by atoms with Gasteiger partial charge in [-0.05, 0) is 38.6 Å². The molecular weight excluding hydrogens is 244 g/mol. The van der Waals surface area contributed by atoms with Crippen LogP contribution >= 0.6 is 0 Å². The predicted molar refractivity (Wildman–Crippen MR) is 85.6 cm³/mol. The molecule has 0 saturated heterocycles. The van der Waals surface area contributed by atoms with Crippen LogP contribution in [0, 0.1) is 0 Å². The van der Waals surface area contributed by atoms with Crippen molar-refractivity contribution in [3.8, 4) is 0 Å². The summed E-state index contributed by atoms with van der Waals surface area (Å²) in [6.45, 7) is 2.19. The van der Waals surface area contributed by atoms with Gasteiger partial charge in [-0.15, -0.1) is 0 Å². The molecule has 0 aromatic heterocycles. The van der Waals surface area contributed by atoms with Crippen molar-refractivity contribution in [1.29, 1.82) is 0 Å². The molecule has 2 rings (SSSR count). The van der Waals surface area contributed by atoms with E-state index in [4.69, 9.17) is 5.73 Å². The first kappa shape index (κ1) is 14.8. The van der Waals surface area contributed by atoms with Crippen LogP contribution in [0.25, 0.3) is 0 Å². The van der Waals surface area contributed by atoms with Crippen molar-refractivity contribution in [3.63, 3.8) is 0 Å². The summed E-state index contributed by atoms with van der Waals surface area (Å²) in [5.41, 5.74) is 8.91. The SMILES string of the molecule is CC(N(C)C)C(N)(Cc1ccccc1)c1ccccc1. The summed E-state index contributed by atoms with van der Waals surface area (Å²) in [4.78, 5) is 2.19. The normalized spacial score (nSPS) is 15.8. The van der Waals surface area contributed by atoms with Crippen LogP contribution in [0.5, 0.6) is 0 Å². The lowest BCUT2D eigenvalue weighted by Crippen LogP contribution is -2.54. The van der Waals surface area contributed by atoms with Crippen LogP contribution in [0.2, 0.25) is 0 Å². The van der Waals surface area contributed by atoms with E-state index in [1.165, 1.54) is 11.1 Å². The number of benzene rings is 2. The van der Waals surface area contributed by atoms with Crippen molar-refractivity contribution in [2.24, 2.45) is 5.73 Å². The molecule has 2 unspecified atom stereocenters. The van der Waals surface area contributed by atoms with Crippen LogP contribution in [0.4, 0.5) is 0 Å². The van der Waals surface area contributed by atoms with E-state index in [9.17, 15) is 0 Å². The average molecular weight is 268 g/mol. The van der Waals surface area contributed by atoms with Gasteiger partial charge in [0.2, 0.25) is 0 Å². The van der Waals surface area contributed by atoms with E-state index >= 15 is 0 Å². The highest BCUT2D eigenvalue weighted by atomic mass is 15.1. The Kier molecular flexibility index (Phi) is 4.58.